The van der Waals surface area contributed by atoms with Crippen LogP contribution in [0.5, 0.6) is 0 Å². The number of nitrogens with one attached hydrogen (secondary N) is 1. The minimum Gasteiger partial charge on any atom is -0.468 e. The van der Waals surface area contributed by atoms with Gasteiger partial charge >= 0.3 is 5.97 Å². The van der Waals surface area contributed by atoms with Crippen LogP contribution in [0.2, 0.25) is 0 Å². The van der Waals surface area contributed by atoms with E-state index in [4.69, 9.17) is 9.15 Å². The van der Waals surface area contributed by atoms with E-state index in [1.165, 1.54) is 0 Å². The van der Waals surface area contributed by atoms with Gasteiger partial charge in [-0.25, -0.2) is 0 Å². The molecule has 1 aromatic rings. The summed E-state index contributed by atoms with van der Waals surface area (Å²) in [6.07, 6.45) is 2.30. The molecule has 2 rings (SSSR count). The van der Waals surface area contributed by atoms with Gasteiger partial charge in [-0.2, -0.15) is 0 Å². The molecule has 0 saturated heterocycles. The molecule has 1 aliphatic rings. The lowest BCUT2D eigenvalue weighted by molar-refractivity contribution is -0.157. The van der Waals surface area contributed by atoms with E-state index in [9.17, 15) is 4.79 Å². The summed E-state index contributed by atoms with van der Waals surface area (Å²) in [5.41, 5.74) is 0.657. The fourth-order valence-electron chi connectivity index (χ4n) is 1.75. The molecule has 0 aliphatic carbocycles. The van der Waals surface area contributed by atoms with Crippen LogP contribution in [0.25, 0.3) is 0 Å². The molecule has 0 aromatic carbocycles. The zero-order valence-corrected chi connectivity index (χ0v) is 9.87. The van der Waals surface area contributed by atoms with E-state index in [1.54, 1.807) is 6.26 Å². The van der Waals surface area contributed by atoms with Crippen LogP contribution < -0.4 is 5.32 Å². The Kier molecular flexibility index (Phi) is 2.76. The van der Waals surface area contributed by atoms with Gasteiger partial charge in [-0.05, 0) is 32.4 Å². The molecular weight excluding hydrogens is 206 g/mol. The molecule has 0 bridgehead atoms. The van der Waals surface area contributed by atoms with E-state index < -0.39 is 5.60 Å². The quantitative estimate of drug-likeness (QED) is 0.735. The number of carbonyl (C=O) groups excluding carboxylic acids is 1. The fourth-order valence-corrected chi connectivity index (χ4v) is 1.75. The first-order chi connectivity index (χ1) is 7.46. The van der Waals surface area contributed by atoms with Gasteiger partial charge < -0.3 is 9.15 Å². The van der Waals surface area contributed by atoms with Crippen molar-refractivity contribution in [2.24, 2.45) is 0 Å². The molecule has 0 spiro atoms. The Morgan fingerprint density at radius 3 is 3.00 bits per heavy atom. The summed E-state index contributed by atoms with van der Waals surface area (Å²) in [4.78, 5) is 11.8. The number of hydrogen-bond acceptors (Lipinski definition) is 4. The Hall–Kier alpha value is -1.29. The van der Waals surface area contributed by atoms with Crippen LogP contribution in [0, 0.1) is 0 Å². The number of hydrogen-bond donors (Lipinski definition) is 1. The van der Waals surface area contributed by atoms with Crippen molar-refractivity contribution in [1.82, 2.24) is 5.32 Å². The van der Waals surface area contributed by atoms with Crippen molar-refractivity contribution in [1.29, 1.82) is 0 Å². The monoisotopic (exact) mass is 223 g/mol. The molecule has 1 atom stereocenters. The molecule has 4 heteroatoms. The van der Waals surface area contributed by atoms with Gasteiger partial charge in [-0.15, -0.1) is 0 Å². The molecule has 88 valence electrons. The Labute approximate surface area is 95.0 Å². The van der Waals surface area contributed by atoms with Crippen LogP contribution in [-0.4, -0.2) is 17.6 Å². The number of rotatable bonds is 1. The molecule has 0 amide bonds. The highest BCUT2D eigenvalue weighted by Crippen LogP contribution is 2.19. The van der Waals surface area contributed by atoms with Gasteiger partial charge in [0.05, 0.1) is 12.8 Å². The van der Waals surface area contributed by atoms with Crippen molar-refractivity contribution >= 4 is 5.97 Å². The number of fused-ring (bicyclic) bond motifs is 1. The molecule has 4 nitrogen and oxygen atoms in total. The summed E-state index contributed by atoms with van der Waals surface area (Å²) in [5.74, 6) is 0.721. The Balaban J connectivity index is 2.01. The van der Waals surface area contributed by atoms with Crippen molar-refractivity contribution in [2.75, 3.05) is 0 Å². The predicted molar refractivity (Wildman–Crippen MR) is 58.9 cm³/mol. The summed E-state index contributed by atoms with van der Waals surface area (Å²) in [7, 11) is 0. The summed E-state index contributed by atoms with van der Waals surface area (Å²) < 4.78 is 10.6. The summed E-state index contributed by atoms with van der Waals surface area (Å²) in [6, 6.07) is 1.65. The van der Waals surface area contributed by atoms with Gasteiger partial charge in [0, 0.05) is 6.42 Å². The molecule has 1 aliphatic heterocycles. The van der Waals surface area contributed by atoms with Crippen molar-refractivity contribution in [3.8, 4) is 0 Å². The molecule has 0 saturated carbocycles. The highest BCUT2D eigenvalue weighted by Gasteiger charge is 2.29. The van der Waals surface area contributed by atoms with Crippen molar-refractivity contribution in [3.05, 3.63) is 23.7 Å². The number of esters is 1. The number of carbonyl (C=O) groups is 1. The maximum absolute atomic E-state index is 11.8. The molecule has 2 heterocycles. The van der Waals surface area contributed by atoms with E-state index in [-0.39, 0.29) is 12.0 Å². The maximum atomic E-state index is 11.8. The van der Waals surface area contributed by atoms with Crippen molar-refractivity contribution in [2.45, 2.75) is 45.4 Å². The first-order valence-electron chi connectivity index (χ1n) is 5.47. The zero-order chi connectivity index (χ0) is 11.8. The molecule has 1 unspecified atom stereocenters. The van der Waals surface area contributed by atoms with E-state index in [1.807, 2.05) is 26.8 Å². The van der Waals surface area contributed by atoms with E-state index in [0.29, 0.717) is 13.0 Å². The van der Waals surface area contributed by atoms with Crippen molar-refractivity contribution in [3.63, 3.8) is 0 Å². The third-order valence-corrected chi connectivity index (χ3v) is 2.46. The van der Waals surface area contributed by atoms with Gasteiger partial charge in [-0.1, -0.05) is 0 Å². The highest BCUT2D eigenvalue weighted by atomic mass is 16.6. The van der Waals surface area contributed by atoms with Crippen molar-refractivity contribution < 1.29 is 13.9 Å². The molecule has 0 radical (unpaired) electrons. The van der Waals surface area contributed by atoms with E-state index in [2.05, 4.69) is 5.32 Å². The molecule has 0 fully saturated rings. The third-order valence-electron chi connectivity index (χ3n) is 2.46. The van der Waals surface area contributed by atoms with Crippen LogP contribution in [-0.2, 0) is 22.5 Å². The minimum atomic E-state index is -0.435. The molecule has 16 heavy (non-hydrogen) atoms. The molecule has 1 aromatic heterocycles. The summed E-state index contributed by atoms with van der Waals surface area (Å²) in [6.45, 7) is 6.21. The Morgan fingerprint density at radius 1 is 1.56 bits per heavy atom. The normalized spacial score (nSPS) is 20.3. The lowest BCUT2D eigenvalue weighted by Crippen LogP contribution is -2.44. The fraction of sp³-hybridized carbons (Fsp3) is 0.583. The lowest BCUT2D eigenvalue weighted by atomic mass is 10.0. The smallest absolute Gasteiger partial charge is 0.324 e. The number of furan rings is 1. The van der Waals surface area contributed by atoms with Gasteiger partial charge in [0.1, 0.15) is 17.4 Å². The van der Waals surface area contributed by atoms with Crippen LogP contribution in [0.3, 0.4) is 0 Å². The average Bonchev–Trinajstić information content (AvgIpc) is 2.61. The van der Waals surface area contributed by atoms with Crippen LogP contribution >= 0.6 is 0 Å². The second-order valence-electron chi connectivity index (χ2n) is 5.04. The molecule has 1 N–H and O–H groups in total. The zero-order valence-electron chi connectivity index (χ0n) is 9.87. The van der Waals surface area contributed by atoms with Crippen LogP contribution in [0.1, 0.15) is 32.1 Å². The van der Waals surface area contributed by atoms with Gasteiger partial charge in [0.15, 0.2) is 0 Å². The van der Waals surface area contributed by atoms with Crippen LogP contribution in [0.15, 0.2) is 16.7 Å². The topological polar surface area (TPSA) is 51.5 Å². The molecular formula is C12H17NO3. The minimum absolute atomic E-state index is 0.195. The lowest BCUT2D eigenvalue weighted by Gasteiger charge is -2.26. The first-order valence-corrected chi connectivity index (χ1v) is 5.47. The first kappa shape index (κ1) is 11.2. The summed E-state index contributed by atoms with van der Waals surface area (Å²) in [5, 5.41) is 3.12. The van der Waals surface area contributed by atoms with Gasteiger partial charge in [0.2, 0.25) is 0 Å². The number of ether oxygens (including phenoxy) is 1. The predicted octanol–water partition coefficient (Wildman–Crippen LogP) is 1.64. The summed E-state index contributed by atoms with van der Waals surface area (Å²) >= 11 is 0. The van der Waals surface area contributed by atoms with Gasteiger partial charge in [0.25, 0.3) is 0 Å². The van der Waals surface area contributed by atoms with Crippen LogP contribution in [0.4, 0.5) is 0 Å². The Bertz CT molecular complexity index is 389. The highest BCUT2D eigenvalue weighted by molar-refractivity contribution is 5.77. The van der Waals surface area contributed by atoms with E-state index >= 15 is 0 Å². The SMILES string of the molecule is CC(C)(C)OC(=O)C1Cc2ccoc2CN1. The average molecular weight is 223 g/mol. The Morgan fingerprint density at radius 2 is 2.31 bits per heavy atom. The largest absolute Gasteiger partial charge is 0.468 e. The third kappa shape index (κ3) is 2.44. The van der Waals surface area contributed by atoms with E-state index in [0.717, 1.165) is 11.3 Å². The van der Waals surface area contributed by atoms with Gasteiger partial charge in [-0.3, -0.25) is 10.1 Å². The second kappa shape index (κ2) is 3.94. The maximum Gasteiger partial charge on any atom is 0.324 e. The second-order valence-corrected chi connectivity index (χ2v) is 5.04. The standard InChI is InChI=1S/C12H17NO3/c1-12(2,3)16-11(14)9-6-8-4-5-15-10(8)7-13-9/h4-5,9,13H,6-7H2,1-3H3.